The number of carbonyl (C=O) groups is 1. The molecule has 21 heavy (non-hydrogen) atoms. The Balaban J connectivity index is 2.31. The molecule has 1 aliphatic carbocycles. The Bertz CT molecular complexity index is 541. The monoisotopic (exact) mass is 292 g/mol. The van der Waals surface area contributed by atoms with Crippen molar-refractivity contribution in [2.24, 2.45) is 0 Å². The predicted octanol–water partition coefficient (Wildman–Crippen LogP) is 2.44. The zero-order valence-corrected chi connectivity index (χ0v) is 12.3. The molecule has 1 fully saturated rings. The van der Waals surface area contributed by atoms with Crippen LogP contribution in [0.15, 0.2) is 12.3 Å². The number of aromatic nitrogens is 1. The summed E-state index contributed by atoms with van der Waals surface area (Å²) in [5.41, 5.74) is 0.0975. The van der Waals surface area contributed by atoms with Gasteiger partial charge >= 0.3 is 0 Å². The standard InChI is InChI=1S/C14H20N4O3/c1-3-15-13-12(8-11(9-16-13)18(20)21)14(19)17(2)10-6-4-5-7-10/h8-10H,3-7H2,1-2H3,(H,15,16). The van der Waals surface area contributed by atoms with E-state index in [0.29, 0.717) is 12.4 Å². The Labute approximate surface area is 123 Å². The topological polar surface area (TPSA) is 88.4 Å². The first-order valence-corrected chi connectivity index (χ1v) is 7.20. The smallest absolute Gasteiger partial charge is 0.288 e. The molecule has 0 aliphatic heterocycles. The molecule has 0 atom stereocenters. The lowest BCUT2D eigenvalue weighted by molar-refractivity contribution is -0.385. The van der Waals surface area contributed by atoms with Gasteiger partial charge in [0.25, 0.3) is 11.6 Å². The molecule has 0 bridgehead atoms. The fourth-order valence-corrected chi connectivity index (χ4v) is 2.67. The number of rotatable bonds is 5. The zero-order chi connectivity index (χ0) is 15.4. The molecule has 1 amide bonds. The minimum Gasteiger partial charge on any atom is -0.370 e. The minimum atomic E-state index is -0.533. The summed E-state index contributed by atoms with van der Waals surface area (Å²) in [6.45, 7) is 2.48. The van der Waals surface area contributed by atoms with E-state index in [1.165, 1.54) is 12.3 Å². The molecule has 1 saturated carbocycles. The molecular formula is C14H20N4O3. The van der Waals surface area contributed by atoms with Crippen molar-refractivity contribution in [1.29, 1.82) is 0 Å². The first kappa shape index (κ1) is 15.2. The van der Waals surface area contributed by atoms with Crippen LogP contribution in [0.1, 0.15) is 43.0 Å². The van der Waals surface area contributed by atoms with Gasteiger partial charge in [-0.3, -0.25) is 14.9 Å². The number of nitro groups is 1. The number of hydrogen-bond acceptors (Lipinski definition) is 5. The number of anilines is 1. The third-order valence-electron chi connectivity index (χ3n) is 3.85. The van der Waals surface area contributed by atoms with Gasteiger partial charge in [0.2, 0.25) is 0 Å². The Kier molecular flexibility index (Phi) is 4.72. The molecule has 1 aromatic rings. The van der Waals surface area contributed by atoms with E-state index in [2.05, 4.69) is 10.3 Å². The number of nitrogens with zero attached hydrogens (tertiary/aromatic N) is 3. The second-order valence-electron chi connectivity index (χ2n) is 5.23. The van der Waals surface area contributed by atoms with Gasteiger partial charge in [0.05, 0.1) is 10.5 Å². The lowest BCUT2D eigenvalue weighted by Gasteiger charge is -2.25. The minimum absolute atomic E-state index is 0.167. The van der Waals surface area contributed by atoms with Gasteiger partial charge in [0.15, 0.2) is 0 Å². The number of pyridine rings is 1. The molecule has 0 unspecified atom stereocenters. The van der Waals surface area contributed by atoms with Gasteiger partial charge in [0, 0.05) is 25.7 Å². The summed E-state index contributed by atoms with van der Waals surface area (Å²) in [5.74, 6) is 0.187. The van der Waals surface area contributed by atoms with Crippen LogP contribution in [0.2, 0.25) is 0 Å². The maximum absolute atomic E-state index is 12.6. The summed E-state index contributed by atoms with van der Waals surface area (Å²) in [4.78, 5) is 28.7. The van der Waals surface area contributed by atoms with Gasteiger partial charge in [-0.1, -0.05) is 12.8 Å². The first-order chi connectivity index (χ1) is 10.0. The molecule has 2 rings (SSSR count). The summed E-state index contributed by atoms with van der Waals surface area (Å²) in [7, 11) is 1.76. The average Bonchev–Trinajstić information content (AvgIpc) is 3.00. The van der Waals surface area contributed by atoms with Crippen LogP contribution in [0.5, 0.6) is 0 Å². The molecular weight excluding hydrogens is 272 g/mol. The summed E-state index contributed by atoms with van der Waals surface area (Å²) < 4.78 is 0. The van der Waals surface area contributed by atoms with Crippen LogP contribution in [0, 0.1) is 10.1 Å². The first-order valence-electron chi connectivity index (χ1n) is 7.20. The second kappa shape index (κ2) is 6.51. The fourth-order valence-electron chi connectivity index (χ4n) is 2.67. The number of carbonyl (C=O) groups excluding carboxylic acids is 1. The van der Waals surface area contributed by atoms with Gasteiger partial charge in [-0.2, -0.15) is 0 Å². The molecule has 7 heteroatoms. The molecule has 0 saturated heterocycles. The highest BCUT2D eigenvalue weighted by atomic mass is 16.6. The normalized spacial score (nSPS) is 15.0. The van der Waals surface area contributed by atoms with E-state index in [0.717, 1.165) is 25.7 Å². The molecule has 1 aromatic heterocycles. The highest BCUT2D eigenvalue weighted by Gasteiger charge is 2.27. The van der Waals surface area contributed by atoms with Crippen molar-refractivity contribution in [2.75, 3.05) is 18.9 Å². The van der Waals surface area contributed by atoms with Gasteiger partial charge in [0.1, 0.15) is 12.0 Å². The summed E-state index contributed by atoms with van der Waals surface area (Å²) in [6.07, 6.45) is 5.39. The van der Waals surface area contributed by atoms with Crippen LogP contribution >= 0.6 is 0 Å². The molecule has 7 nitrogen and oxygen atoms in total. The van der Waals surface area contributed by atoms with Crippen LogP contribution in [0.4, 0.5) is 11.5 Å². The molecule has 0 aromatic carbocycles. The van der Waals surface area contributed by atoms with Crippen molar-refractivity contribution in [2.45, 2.75) is 38.6 Å². The Morgan fingerprint density at radius 1 is 1.52 bits per heavy atom. The Morgan fingerprint density at radius 3 is 2.76 bits per heavy atom. The van der Waals surface area contributed by atoms with E-state index in [1.807, 2.05) is 6.92 Å². The summed E-state index contributed by atoms with van der Waals surface area (Å²) in [6, 6.07) is 1.52. The SMILES string of the molecule is CCNc1ncc([N+](=O)[O-])cc1C(=O)N(C)C1CCCC1. The van der Waals surface area contributed by atoms with Crippen molar-refractivity contribution in [1.82, 2.24) is 9.88 Å². The lowest BCUT2D eigenvalue weighted by atomic mass is 10.1. The van der Waals surface area contributed by atoms with E-state index >= 15 is 0 Å². The zero-order valence-electron chi connectivity index (χ0n) is 12.3. The van der Waals surface area contributed by atoms with Gasteiger partial charge in [-0.05, 0) is 19.8 Å². The van der Waals surface area contributed by atoms with E-state index in [4.69, 9.17) is 0 Å². The number of nitrogens with one attached hydrogen (secondary N) is 1. The second-order valence-corrected chi connectivity index (χ2v) is 5.23. The van der Waals surface area contributed by atoms with Crippen LogP contribution in [0.25, 0.3) is 0 Å². The predicted molar refractivity (Wildman–Crippen MR) is 79.4 cm³/mol. The highest BCUT2D eigenvalue weighted by molar-refractivity contribution is 5.99. The Hall–Kier alpha value is -2.18. The van der Waals surface area contributed by atoms with Crippen molar-refractivity contribution in [3.8, 4) is 0 Å². The van der Waals surface area contributed by atoms with Gasteiger partial charge in [-0.15, -0.1) is 0 Å². The molecule has 1 aliphatic rings. The van der Waals surface area contributed by atoms with Crippen LogP contribution in [0.3, 0.4) is 0 Å². The highest BCUT2D eigenvalue weighted by Crippen LogP contribution is 2.26. The van der Waals surface area contributed by atoms with Crippen LogP contribution in [-0.2, 0) is 0 Å². The van der Waals surface area contributed by atoms with E-state index in [-0.39, 0.29) is 23.2 Å². The quantitative estimate of drug-likeness (QED) is 0.665. The lowest BCUT2D eigenvalue weighted by Crippen LogP contribution is -2.35. The largest absolute Gasteiger partial charge is 0.370 e. The van der Waals surface area contributed by atoms with Crippen molar-refractivity contribution >= 4 is 17.4 Å². The molecule has 1 heterocycles. The van der Waals surface area contributed by atoms with Crippen molar-refractivity contribution < 1.29 is 9.72 Å². The average molecular weight is 292 g/mol. The van der Waals surface area contributed by atoms with Crippen molar-refractivity contribution in [3.05, 3.63) is 27.9 Å². The molecule has 114 valence electrons. The van der Waals surface area contributed by atoms with E-state index in [9.17, 15) is 14.9 Å². The molecule has 0 radical (unpaired) electrons. The summed E-state index contributed by atoms with van der Waals surface area (Å²) >= 11 is 0. The Morgan fingerprint density at radius 2 is 2.19 bits per heavy atom. The van der Waals surface area contributed by atoms with Crippen LogP contribution in [-0.4, -0.2) is 40.3 Å². The third-order valence-corrected chi connectivity index (χ3v) is 3.85. The van der Waals surface area contributed by atoms with E-state index < -0.39 is 4.92 Å². The van der Waals surface area contributed by atoms with E-state index in [1.54, 1.807) is 11.9 Å². The fraction of sp³-hybridized carbons (Fsp3) is 0.571. The summed E-state index contributed by atoms with van der Waals surface area (Å²) in [5, 5.41) is 13.9. The van der Waals surface area contributed by atoms with Gasteiger partial charge in [-0.25, -0.2) is 4.98 Å². The van der Waals surface area contributed by atoms with Crippen LogP contribution < -0.4 is 5.32 Å². The molecule has 0 spiro atoms. The maximum Gasteiger partial charge on any atom is 0.288 e. The number of hydrogen-bond donors (Lipinski definition) is 1. The molecule has 1 N–H and O–H groups in total. The van der Waals surface area contributed by atoms with Gasteiger partial charge < -0.3 is 10.2 Å². The maximum atomic E-state index is 12.6. The number of amides is 1. The third kappa shape index (κ3) is 3.29. The van der Waals surface area contributed by atoms with Crippen molar-refractivity contribution in [3.63, 3.8) is 0 Å².